The van der Waals surface area contributed by atoms with Crippen molar-refractivity contribution in [3.8, 4) is 39.1 Å². The van der Waals surface area contributed by atoms with Gasteiger partial charge in [-0.05, 0) is 101 Å². The van der Waals surface area contributed by atoms with Crippen LogP contribution in [0.2, 0.25) is 0 Å². The molecule has 57 heavy (non-hydrogen) atoms. The average molecular weight is 722 g/mol. The predicted octanol–water partition coefficient (Wildman–Crippen LogP) is 14.9. The Morgan fingerprint density at radius 1 is 0.404 bits per heavy atom. The van der Waals surface area contributed by atoms with Gasteiger partial charge in [-0.2, -0.15) is 0 Å². The molecule has 0 N–H and O–H groups in total. The molecule has 0 atom stereocenters. The fraction of sp³-hybridized carbons (Fsp3) is 0. The molecular weight excluding hydrogens is 691 g/mol. The van der Waals surface area contributed by atoms with Crippen LogP contribution in [0.4, 0.5) is 5.69 Å². The second-order valence-corrected chi connectivity index (χ2v) is 14.9. The zero-order chi connectivity index (χ0) is 37.6. The first-order chi connectivity index (χ1) is 28.3. The first-order valence-corrected chi connectivity index (χ1v) is 19.3. The highest BCUT2D eigenvalue weighted by atomic mass is 15.0. The molecule has 0 saturated carbocycles. The van der Waals surface area contributed by atoms with Gasteiger partial charge in [0, 0.05) is 22.4 Å². The van der Waals surface area contributed by atoms with E-state index < -0.39 is 0 Å². The van der Waals surface area contributed by atoms with E-state index in [1.54, 1.807) is 0 Å². The lowest BCUT2D eigenvalue weighted by Crippen LogP contribution is -1.96. The summed E-state index contributed by atoms with van der Waals surface area (Å²) in [5.41, 5.74) is 12.1. The molecule has 0 saturated heterocycles. The number of para-hydroxylation sites is 1. The van der Waals surface area contributed by atoms with Crippen molar-refractivity contribution in [2.45, 2.75) is 0 Å². The van der Waals surface area contributed by atoms with E-state index in [0.29, 0.717) is 5.69 Å². The van der Waals surface area contributed by atoms with Gasteiger partial charge in [-0.15, -0.1) is 0 Å². The first kappa shape index (κ1) is 31.5. The third kappa shape index (κ3) is 4.44. The Labute approximate surface area is 328 Å². The Kier molecular flexibility index (Phi) is 6.70. The van der Waals surface area contributed by atoms with Gasteiger partial charge in [0.15, 0.2) is 5.69 Å². The number of pyridine rings is 1. The van der Waals surface area contributed by atoms with Crippen LogP contribution in [0.25, 0.3) is 120 Å². The van der Waals surface area contributed by atoms with Gasteiger partial charge in [-0.3, -0.25) is 4.98 Å². The number of nitrogens with zero attached hydrogens (tertiary/aromatic N) is 3. The molecule has 0 radical (unpaired) electrons. The third-order valence-corrected chi connectivity index (χ3v) is 12.0. The quantitative estimate of drug-likeness (QED) is 0.101. The molecule has 0 bridgehead atoms. The van der Waals surface area contributed by atoms with E-state index in [1.165, 1.54) is 71.1 Å². The highest BCUT2D eigenvalue weighted by molar-refractivity contribution is 6.32. The van der Waals surface area contributed by atoms with Gasteiger partial charge < -0.3 is 4.57 Å². The lowest BCUT2D eigenvalue weighted by atomic mass is 9.82. The van der Waals surface area contributed by atoms with Crippen molar-refractivity contribution in [1.82, 2.24) is 9.55 Å². The largest absolute Gasteiger partial charge is 0.307 e. The minimum absolute atomic E-state index is 0.663. The number of hydrogen-bond donors (Lipinski definition) is 0. The number of hydrogen-bond acceptors (Lipinski definition) is 1. The average Bonchev–Trinajstić information content (AvgIpc) is 3.62. The molecule has 0 aliphatic heterocycles. The monoisotopic (exact) mass is 721 g/mol. The second-order valence-electron chi connectivity index (χ2n) is 14.9. The van der Waals surface area contributed by atoms with Crippen molar-refractivity contribution in [2.75, 3.05) is 0 Å². The molecule has 0 amide bonds. The van der Waals surface area contributed by atoms with Crippen LogP contribution in [0, 0.1) is 6.57 Å². The smallest absolute Gasteiger partial charge is 0.195 e. The number of rotatable bonds is 4. The fourth-order valence-electron chi connectivity index (χ4n) is 9.68. The predicted molar refractivity (Wildman–Crippen MR) is 240 cm³/mol. The molecule has 0 aliphatic rings. The molecule has 12 aromatic rings. The van der Waals surface area contributed by atoms with Crippen LogP contribution in [0.5, 0.6) is 0 Å². The highest BCUT2D eigenvalue weighted by Gasteiger charge is 2.24. The number of fused-ring (bicyclic) bond motifs is 4. The Bertz CT molecular complexity index is 3580. The maximum absolute atomic E-state index is 8.10. The Balaban J connectivity index is 1.19. The molecule has 12 rings (SSSR count). The van der Waals surface area contributed by atoms with E-state index in [2.05, 4.69) is 179 Å². The first-order valence-electron chi connectivity index (χ1n) is 19.3. The van der Waals surface area contributed by atoms with E-state index in [1.807, 2.05) is 18.3 Å². The lowest BCUT2D eigenvalue weighted by Gasteiger charge is -2.20. The van der Waals surface area contributed by atoms with E-state index in [9.17, 15) is 0 Å². The van der Waals surface area contributed by atoms with Crippen LogP contribution in [-0.2, 0) is 0 Å². The van der Waals surface area contributed by atoms with Crippen molar-refractivity contribution >= 4 is 81.5 Å². The highest BCUT2D eigenvalue weighted by Crippen LogP contribution is 2.50. The van der Waals surface area contributed by atoms with Gasteiger partial charge in [0.05, 0.1) is 28.8 Å². The van der Waals surface area contributed by atoms with E-state index in [0.717, 1.165) is 43.8 Å². The molecule has 2 aromatic heterocycles. The van der Waals surface area contributed by atoms with Crippen molar-refractivity contribution < 1.29 is 0 Å². The van der Waals surface area contributed by atoms with Crippen LogP contribution in [0.3, 0.4) is 0 Å². The maximum atomic E-state index is 8.10. The van der Waals surface area contributed by atoms with Gasteiger partial charge in [-0.1, -0.05) is 158 Å². The van der Waals surface area contributed by atoms with Crippen molar-refractivity contribution in [3.63, 3.8) is 0 Å². The maximum Gasteiger partial charge on any atom is 0.195 e. The summed E-state index contributed by atoms with van der Waals surface area (Å²) in [5, 5.41) is 12.8. The van der Waals surface area contributed by atoms with Crippen molar-refractivity contribution in [1.29, 1.82) is 0 Å². The van der Waals surface area contributed by atoms with Gasteiger partial charge in [-0.25, -0.2) is 4.85 Å². The lowest BCUT2D eigenvalue weighted by molar-refractivity contribution is 1.18. The summed E-state index contributed by atoms with van der Waals surface area (Å²) < 4.78 is 2.35. The summed E-state index contributed by atoms with van der Waals surface area (Å²) >= 11 is 0. The molecule has 0 fully saturated rings. The number of aromatic nitrogens is 2. The van der Waals surface area contributed by atoms with Crippen LogP contribution >= 0.6 is 0 Å². The summed E-state index contributed by atoms with van der Waals surface area (Å²) in [6.07, 6.45) is 1.87. The molecule has 3 nitrogen and oxygen atoms in total. The van der Waals surface area contributed by atoms with E-state index >= 15 is 0 Å². The normalized spacial score (nSPS) is 11.8. The molecule has 0 spiro atoms. The Morgan fingerprint density at radius 3 is 1.61 bits per heavy atom. The Hall–Kier alpha value is -7.80. The minimum atomic E-state index is 0.663. The van der Waals surface area contributed by atoms with Crippen molar-refractivity contribution in [3.05, 3.63) is 200 Å². The van der Waals surface area contributed by atoms with Gasteiger partial charge >= 0.3 is 0 Å². The standard InChI is InChI=1S/C54H31N3/c1-55-46-29-31-48-53-45(46)27-26-44-43(28-30-47(52(44)53)57(48)49-23-11-15-34-16-12-32-56-54(34)49)51-40-21-9-7-19-38(40)50(39-20-8-10-22-41(39)51)42-25-24-35(33-13-3-2-4-14-33)36-17-5-6-18-37(36)42/h2-32H. The van der Waals surface area contributed by atoms with Crippen LogP contribution in [-0.4, -0.2) is 9.55 Å². The molecular formula is C54H31N3. The summed E-state index contributed by atoms with van der Waals surface area (Å²) in [6, 6.07) is 65.5. The zero-order valence-corrected chi connectivity index (χ0v) is 30.7. The molecule has 0 aliphatic carbocycles. The topological polar surface area (TPSA) is 22.2 Å². The van der Waals surface area contributed by atoms with Crippen LogP contribution in [0.1, 0.15) is 0 Å². The molecule has 0 unspecified atom stereocenters. The van der Waals surface area contributed by atoms with E-state index in [-0.39, 0.29) is 0 Å². The SMILES string of the molecule is [C-]#[N+]c1ccc2c3c1ccc1c(-c4c5ccccc5c(-c5ccc(-c6ccccc6)c6ccccc56)c5ccccc45)ccc(c13)n2-c1cccc2cccnc12. The summed E-state index contributed by atoms with van der Waals surface area (Å²) in [6.45, 7) is 8.10. The van der Waals surface area contributed by atoms with Crippen LogP contribution in [0.15, 0.2) is 188 Å². The Morgan fingerprint density at radius 2 is 0.930 bits per heavy atom. The zero-order valence-electron chi connectivity index (χ0n) is 30.7. The molecule has 10 aromatic carbocycles. The van der Waals surface area contributed by atoms with Gasteiger partial charge in [0.1, 0.15) is 0 Å². The van der Waals surface area contributed by atoms with Gasteiger partial charge in [0.2, 0.25) is 0 Å². The van der Waals surface area contributed by atoms with Gasteiger partial charge in [0.25, 0.3) is 0 Å². The van der Waals surface area contributed by atoms with Crippen molar-refractivity contribution in [2.24, 2.45) is 0 Å². The molecule has 2 heterocycles. The summed E-state index contributed by atoms with van der Waals surface area (Å²) in [7, 11) is 0. The third-order valence-electron chi connectivity index (χ3n) is 12.0. The minimum Gasteiger partial charge on any atom is -0.307 e. The van der Waals surface area contributed by atoms with E-state index in [4.69, 9.17) is 11.6 Å². The summed E-state index contributed by atoms with van der Waals surface area (Å²) in [4.78, 5) is 8.85. The molecule has 3 heteroatoms. The second kappa shape index (κ2) is 12.1. The molecule has 262 valence electrons. The fourth-order valence-corrected chi connectivity index (χ4v) is 9.68. The summed E-state index contributed by atoms with van der Waals surface area (Å²) in [5.74, 6) is 0. The number of benzene rings is 10. The van der Waals surface area contributed by atoms with Crippen LogP contribution < -0.4 is 0 Å².